The Balaban J connectivity index is 1.99. The molecule has 0 saturated heterocycles. The Morgan fingerprint density at radius 3 is 2.36 bits per heavy atom. The first-order valence-electron chi connectivity index (χ1n) is 8.76. The lowest BCUT2D eigenvalue weighted by Crippen LogP contribution is -2.34. The quantitative estimate of drug-likeness (QED) is 0.721. The Morgan fingerprint density at radius 2 is 1.76 bits per heavy atom. The van der Waals surface area contributed by atoms with Gasteiger partial charge in [-0.2, -0.15) is 0 Å². The van der Waals surface area contributed by atoms with Crippen LogP contribution in [0.15, 0.2) is 53.4 Å². The van der Waals surface area contributed by atoms with Crippen LogP contribution in [0.3, 0.4) is 0 Å². The van der Waals surface area contributed by atoms with Crippen molar-refractivity contribution in [3.05, 3.63) is 65.2 Å². The van der Waals surface area contributed by atoms with Crippen molar-refractivity contribution in [2.24, 2.45) is 5.73 Å². The van der Waals surface area contributed by atoms with E-state index in [4.69, 9.17) is 5.73 Å². The molecule has 0 bridgehead atoms. The number of rotatable bonds is 9. The van der Waals surface area contributed by atoms with E-state index in [1.165, 1.54) is 0 Å². The van der Waals surface area contributed by atoms with E-state index in [0.717, 1.165) is 23.1 Å². The molecule has 25 heavy (non-hydrogen) atoms. The summed E-state index contributed by atoms with van der Waals surface area (Å²) in [5.41, 5.74) is 8.95. The van der Waals surface area contributed by atoms with Crippen molar-refractivity contribution in [2.75, 3.05) is 12.3 Å². The molecule has 2 aromatic carbocycles. The molecule has 0 aliphatic heterocycles. The lowest BCUT2D eigenvalue weighted by molar-refractivity contribution is 0.505. The van der Waals surface area contributed by atoms with E-state index < -0.39 is 9.84 Å². The molecule has 5 heteroatoms. The molecule has 0 aromatic heterocycles. The maximum atomic E-state index is 12.6. The third kappa shape index (κ3) is 5.66. The summed E-state index contributed by atoms with van der Waals surface area (Å²) in [4.78, 5) is 0.385. The zero-order valence-electron chi connectivity index (χ0n) is 15.0. The molecular weight excluding hydrogens is 332 g/mol. The number of hydrogen-bond donors (Lipinski definition) is 2. The van der Waals surface area contributed by atoms with Crippen LogP contribution in [0.1, 0.15) is 30.0 Å². The van der Waals surface area contributed by atoms with E-state index >= 15 is 0 Å². The third-order valence-corrected chi connectivity index (χ3v) is 6.29. The maximum Gasteiger partial charge on any atom is 0.178 e. The summed E-state index contributed by atoms with van der Waals surface area (Å²) < 4.78 is 25.1. The molecule has 0 fully saturated rings. The summed E-state index contributed by atoms with van der Waals surface area (Å²) in [7, 11) is -3.27. The van der Waals surface area contributed by atoms with Crippen LogP contribution < -0.4 is 11.1 Å². The summed E-state index contributed by atoms with van der Waals surface area (Å²) >= 11 is 0. The lowest BCUT2D eigenvalue weighted by atomic mass is 10.1. The monoisotopic (exact) mass is 360 g/mol. The van der Waals surface area contributed by atoms with Gasteiger partial charge >= 0.3 is 0 Å². The zero-order chi connectivity index (χ0) is 18.3. The maximum absolute atomic E-state index is 12.6. The largest absolute Gasteiger partial charge is 0.329 e. The van der Waals surface area contributed by atoms with Crippen molar-refractivity contribution in [1.29, 1.82) is 0 Å². The molecule has 1 unspecified atom stereocenters. The van der Waals surface area contributed by atoms with Crippen LogP contribution in [0, 0.1) is 6.92 Å². The van der Waals surface area contributed by atoms with Crippen LogP contribution in [-0.4, -0.2) is 26.8 Å². The minimum atomic E-state index is -3.27. The van der Waals surface area contributed by atoms with Crippen LogP contribution in [-0.2, 0) is 22.8 Å². The van der Waals surface area contributed by atoms with Gasteiger partial charge in [0.15, 0.2) is 9.84 Å². The highest BCUT2D eigenvalue weighted by Crippen LogP contribution is 2.16. The minimum Gasteiger partial charge on any atom is -0.329 e. The molecule has 2 aromatic rings. The number of nitrogens with one attached hydrogen (secondary N) is 1. The van der Waals surface area contributed by atoms with Crippen LogP contribution in [0.2, 0.25) is 0 Å². The molecule has 0 aliphatic carbocycles. The minimum absolute atomic E-state index is 0.126. The average Bonchev–Trinajstić information content (AvgIpc) is 2.62. The Hall–Kier alpha value is -1.69. The molecular formula is C20H28N2O2S. The van der Waals surface area contributed by atoms with Crippen LogP contribution in [0.4, 0.5) is 0 Å². The van der Waals surface area contributed by atoms with Gasteiger partial charge in [-0.25, -0.2) is 8.42 Å². The summed E-state index contributed by atoms with van der Waals surface area (Å²) in [6.45, 7) is 5.39. The molecule has 0 amide bonds. The first-order chi connectivity index (χ1) is 12.0. The van der Waals surface area contributed by atoms with Crippen LogP contribution >= 0.6 is 0 Å². The van der Waals surface area contributed by atoms with Gasteiger partial charge in [0, 0.05) is 19.1 Å². The van der Waals surface area contributed by atoms with Gasteiger partial charge in [-0.3, -0.25) is 0 Å². The van der Waals surface area contributed by atoms with E-state index in [9.17, 15) is 8.42 Å². The Labute approximate surface area is 151 Å². The summed E-state index contributed by atoms with van der Waals surface area (Å²) in [6, 6.07) is 15.3. The SMILES string of the molecule is CCC(CN)NCc1ccc(S(=O)(=O)CCc2ccccc2C)cc1. The summed E-state index contributed by atoms with van der Waals surface area (Å²) in [5.74, 6) is 0.126. The average molecular weight is 361 g/mol. The van der Waals surface area contributed by atoms with Gasteiger partial charge in [0.2, 0.25) is 0 Å². The fourth-order valence-corrected chi connectivity index (χ4v) is 4.00. The van der Waals surface area contributed by atoms with Gasteiger partial charge < -0.3 is 11.1 Å². The first kappa shape index (κ1) is 19.6. The Bertz CT molecular complexity index is 767. The van der Waals surface area contributed by atoms with Crippen molar-refractivity contribution in [2.45, 2.75) is 44.2 Å². The molecule has 0 heterocycles. The number of benzene rings is 2. The molecule has 0 radical (unpaired) electrons. The van der Waals surface area contributed by atoms with Crippen LogP contribution in [0.25, 0.3) is 0 Å². The van der Waals surface area contributed by atoms with Crippen molar-refractivity contribution in [3.8, 4) is 0 Å². The fourth-order valence-electron chi connectivity index (χ4n) is 2.72. The highest BCUT2D eigenvalue weighted by atomic mass is 32.2. The normalized spacial score (nSPS) is 12.9. The zero-order valence-corrected chi connectivity index (χ0v) is 15.9. The summed E-state index contributed by atoms with van der Waals surface area (Å²) in [5, 5.41) is 3.37. The molecule has 0 saturated carbocycles. The van der Waals surface area contributed by atoms with Crippen LogP contribution in [0.5, 0.6) is 0 Å². The second kappa shape index (κ2) is 9.13. The second-order valence-electron chi connectivity index (χ2n) is 6.36. The molecule has 0 aliphatic rings. The predicted molar refractivity (Wildman–Crippen MR) is 103 cm³/mol. The molecule has 0 spiro atoms. The molecule has 2 rings (SSSR count). The number of hydrogen-bond acceptors (Lipinski definition) is 4. The fraction of sp³-hybridized carbons (Fsp3) is 0.400. The van der Waals surface area contributed by atoms with Gasteiger partial charge in [-0.15, -0.1) is 0 Å². The van der Waals surface area contributed by atoms with E-state index in [1.807, 2.05) is 43.3 Å². The number of aryl methyl sites for hydroxylation is 2. The van der Waals surface area contributed by atoms with E-state index in [2.05, 4.69) is 12.2 Å². The van der Waals surface area contributed by atoms with Crippen molar-refractivity contribution >= 4 is 9.84 Å². The second-order valence-corrected chi connectivity index (χ2v) is 8.47. The van der Waals surface area contributed by atoms with Crippen molar-refractivity contribution in [1.82, 2.24) is 5.32 Å². The molecule has 1 atom stereocenters. The molecule has 136 valence electrons. The van der Waals surface area contributed by atoms with Gasteiger partial charge in [0.05, 0.1) is 10.6 Å². The van der Waals surface area contributed by atoms with Gasteiger partial charge in [-0.05, 0) is 48.6 Å². The molecule has 3 N–H and O–H groups in total. The predicted octanol–water partition coefficient (Wildman–Crippen LogP) is 2.84. The topological polar surface area (TPSA) is 72.2 Å². The summed E-state index contributed by atoms with van der Waals surface area (Å²) in [6.07, 6.45) is 1.51. The molecule has 4 nitrogen and oxygen atoms in total. The van der Waals surface area contributed by atoms with Crippen molar-refractivity contribution < 1.29 is 8.42 Å². The lowest BCUT2D eigenvalue weighted by Gasteiger charge is -2.14. The first-order valence-corrected chi connectivity index (χ1v) is 10.4. The van der Waals surface area contributed by atoms with E-state index in [1.54, 1.807) is 12.1 Å². The highest BCUT2D eigenvalue weighted by molar-refractivity contribution is 7.91. The standard InChI is InChI=1S/C20H28N2O2S/c1-3-19(14-21)22-15-17-8-10-20(11-9-17)25(23,24)13-12-18-7-5-4-6-16(18)2/h4-11,19,22H,3,12-15,21H2,1-2H3. The highest BCUT2D eigenvalue weighted by Gasteiger charge is 2.15. The number of nitrogens with two attached hydrogens (primary N) is 1. The van der Waals surface area contributed by atoms with E-state index in [0.29, 0.717) is 24.4 Å². The van der Waals surface area contributed by atoms with Gasteiger partial charge in [0.1, 0.15) is 0 Å². The Kier molecular flexibility index (Phi) is 7.17. The van der Waals surface area contributed by atoms with Gasteiger partial charge in [-0.1, -0.05) is 43.3 Å². The third-order valence-electron chi connectivity index (χ3n) is 4.56. The smallest absolute Gasteiger partial charge is 0.178 e. The van der Waals surface area contributed by atoms with Crippen molar-refractivity contribution in [3.63, 3.8) is 0 Å². The number of sulfone groups is 1. The van der Waals surface area contributed by atoms with Gasteiger partial charge in [0.25, 0.3) is 0 Å². The van der Waals surface area contributed by atoms with E-state index in [-0.39, 0.29) is 11.8 Å². The Morgan fingerprint density at radius 1 is 1.08 bits per heavy atom.